The molecule has 51 heavy (non-hydrogen) atoms. The van der Waals surface area contributed by atoms with Crippen molar-refractivity contribution in [2.75, 3.05) is 33.3 Å². The maximum atomic E-state index is 13.2. The number of rotatable bonds is 15. The first-order valence-corrected chi connectivity index (χ1v) is 19.4. The topological polar surface area (TPSA) is 45.2 Å². The number of benzene rings is 4. The zero-order valence-corrected chi connectivity index (χ0v) is 30.3. The van der Waals surface area contributed by atoms with Gasteiger partial charge in [0.25, 0.3) is 0 Å². The van der Waals surface area contributed by atoms with Crippen LogP contribution in [0.2, 0.25) is 0 Å². The number of methoxy groups -OCH3 is 1. The molecule has 266 valence electrons. The van der Waals surface area contributed by atoms with Crippen LogP contribution in [-0.4, -0.2) is 72.0 Å². The lowest BCUT2D eigenvalue weighted by Gasteiger charge is -2.65. The number of aryl methyl sites for hydroxylation is 1. The van der Waals surface area contributed by atoms with Crippen molar-refractivity contribution in [2.45, 2.75) is 92.9 Å². The zero-order chi connectivity index (χ0) is 34.8. The average molecular weight is 683 g/mol. The highest BCUT2D eigenvalue weighted by Gasteiger charge is 2.73. The molecule has 2 aliphatic carbocycles. The molecule has 4 aromatic rings. The largest absolute Gasteiger partial charge is 0.493 e. The van der Waals surface area contributed by atoms with Crippen molar-refractivity contribution in [1.82, 2.24) is 9.80 Å². The smallest absolute Gasteiger partial charge is 0.165 e. The second kappa shape index (κ2) is 14.6. The van der Waals surface area contributed by atoms with Gasteiger partial charge in [0, 0.05) is 36.7 Å². The van der Waals surface area contributed by atoms with Gasteiger partial charge >= 0.3 is 0 Å². The first-order chi connectivity index (χ1) is 25.1. The first-order valence-electron chi connectivity index (χ1n) is 19.4. The number of unbranched alkanes of at least 4 members (excludes halogenated alkanes) is 3. The maximum absolute atomic E-state index is 13.2. The Bertz CT molecular complexity index is 1740. The second-order valence-corrected chi connectivity index (χ2v) is 15.4. The van der Waals surface area contributed by atoms with Gasteiger partial charge in [-0.05, 0) is 86.4 Å². The Morgan fingerprint density at radius 3 is 2.27 bits per heavy atom. The highest BCUT2D eigenvalue weighted by Crippen LogP contribution is 2.66. The number of hydrogen-bond acceptors (Lipinski definition) is 5. The van der Waals surface area contributed by atoms with E-state index in [2.05, 4.69) is 120 Å². The lowest BCUT2D eigenvalue weighted by molar-refractivity contribution is -0.198. The Kier molecular flexibility index (Phi) is 9.80. The van der Waals surface area contributed by atoms with Crippen molar-refractivity contribution in [3.8, 4) is 11.5 Å². The van der Waals surface area contributed by atoms with Gasteiger partial charge in [0.1, 0.15) is 6.10 Å². The number of likely N-dealkylation sites (tertiary alicyclic amines) is 1. The van der Waals surface area contributed by atoms with E-state index in [-0.39, 0.29) is 24.1 Å². The molecule has 4 aliphatic rings. The van der Waals surface area contributed by atoms with Gasteiger partial charge in [-0.1, -0.05) is 116 Å². The third kappa shape index (κ3) is 6.01. The van der Waals surface area contributed by atoms with Gasteiger partial charge in [-0.25, -0.2) is 0 Å². The van der Waals surface area contributed by atoms with Crippen LogP contribution in [0.3, 0.4) is 0 Å². The molecule has 1 spiro atoms. The molecule has 2 bridgehead atoms. The van der Waals surface area contributed by atoms with E-state index in [0.717, 1.165) is 76.2 Å². The monoisotopic (exact) mass is 682 g/mol. The number of piperidine rings is 1. The fraction of sp³-hybridized carbons (Fsp3) is 0.435. The van der Waals surface area contributed by atoms with Crippen LogP contribution in [0.15, 0.2) is 116 Å². The molecule has 1 saturated heterocycles. The molecule has 5 nitrogen and oxygen atoms in total. The summed E-state index contributed by atoms with van der Waals surface area (Å²) >= 11 is 0. The summed E-state index contributed by atoms with van der Waals surface area (Å²) < 4.78 is 13.2. The standard InChI is InChI=1S/C46H54N2O3/c1-3-29-47-31-28-45-42-37-24-25-40(50-2)43(42)51-44(45)39(26-27-46(45,49)41(47)32-37)48(30-16-5-4-9-17-34-18-10-6-11-19-34)33-38(35-20-12-7-13-21-35)36-22-14-8-15-23-36/h3,6-8,10-15,18-25,38-39,41,44,49H,1,4-5,9,16-17,26-33H2,2H3/t39-,41+,44-,45-,46+/m0/s1. The highest BCUT2D eigenvalue weighted by molar-refractivity contribution is 5.63. The summed E-state index contributed by atoms with van der Waals surface area (Å²) in [6, 6.07) is 37.5. The van der Waals surface area contributed by atoms with Crippen LogP contribution in [0.25, 0.3) is 0 Å². The Morgan fingerprint density at radius 1 is 0.902 bits per heavy atom. The van der Waals surface area contributed by atoms with Gasteiger partial charge in [0.05, 0.1) is 18.1 Å². The summed E-state index contributed by atoms with van der Waals surface area (Å²) in [5, 5.41) is 13.2. The van der Waals surface area contributed by atoms with Crippen molar-refractivity contribution in [2.24, 2.45) is 0 Å². The van der Waals surface area contributed by atoms with Gasteiger partial charge in [-0.2, -0.15) is 0 Å². The van der Waals surface area contributed by atoms with Gasteiger partial charge in [-0.3, -0.25) is 9.80 Å². The lowest BCUT2D eigenvalue weighted by Crippen LogP contribution is -2.78. The van der Waals surface area contributed by atoms with Crippen LogP contribution in [-0.2, 0) is 18.3 Å². The van der Waals surface area contributed by atoms with E-state index in [1.54, 1.807) is 7.11 Å². The highest BCUT2D eigenvalue weighted by atomic mass is 16.5. The molecule has 1 saturated carbocycles. The van der Waals surface area contributed by atoms with Crippen LogP contribution in [0, 0.1) is 0 Å². The summed E-state index contributed by atoms with van der Waals surface area (Å²) in [4.78, 5) is 5.26. The predicted molar refractivity (Wildman–Crippen MR) is 206 cm³/mol. The van der Waals surface area contributed by atoms with Crippen LogP contribution in [0.1, 0.15) is 78.7 Å². The van der Waals surface area contributed by atoms with Crippen LogP contribution >= 0.6 is 0 Å². The van der Waals surface area contributed by atoms with E-state index >= 15 is 0 Å². The molecule has 0 radical (unpaired) electrons. The van der Waals surface area contributed by atoms with E-state index in [9.17, 15) is 5.11 Å². The number of hydrogen-bond donors (Lipinski definition) is 1. The van der Waals surface area contributed by atoms with Gasteiger partial charge < -0.3 is 14.6 Å². The van der Waals surface area contributed by atoms with Crippen molar-refractivity contribution >= 4 is 0 Å². The van der Waals surface area contributed by atoms with Crippen molar-refractivity contribution in [3.63, 3.8) is 0 Å². The minimum atomic E-state index is -0.874. The summed E-state index contributed by atoms with van der Waals surface area (Å²) in [7, 11) is 1.75. The predicted octanol–water partition coefficient (Wildman–Crippen LogP) is 8.34. The van der Waals surface area contributed by atoms with E-state index in [1.807, 2.05) is 6.08 Å². The Morgan fingerprint density at radius 2 is 1.59 bits per heavy atom. The van der Waals surface area contributed by atoms with Gasteiger partial charge in [0.15, 0.2) is 11.5 Å². The third-order valence-corrected chi connectivity index (χ3v) is 12.9. The Labute approximate surface area is 304 Å². The van der Waals surface area contributed by atoms with Crippen molar-refractivity contribution in [1.29, 1.82) is 0 Å². The lowest BCUT2D eigenvalue weighted by atomic mass is 9.48. The molecule has 5 atom stereocenters. The molecule has 0 unspecified atom stereocenters. The Balaban J connectivity index is 1.13. The molecule has 2 aliphatic heterocycles. The third-order valence-electron chi connectivity index (χ3n) is 12.9. The summed E-state index contributed by atoms with van der Waals surface area (Å²) in [6.07, 6.45) is 11.1. The SMILES string of the molecule is C=CCN1CC[C@]23c4c5ccc(OC)c4O[C@H]2[C@@H](N(CCCCCCc2ccccc2)CC(c2ccccc2)c2ccccc2)CC[C@@]3(O)[C@H]1C5. The van der Waals surface area contributed by atoms with Crippen molar-refractivity contribution in [3.05, 3.63) is 144 Å². The van der Waals surface area contributed by atoms with Crippen LogP contribution < -0.4 is 9.47 Å². The van der Waals surface area contributed by atoms with E-state index in [0.29, 0.717) is 0 Å². The molecule has 2 fully saturated rings. The summed E-state index contributed by atoms with van der Waals surface area (Å²) in [5.74, 6) is 1.90. The minimum Gasteiger partial charge on any atom is -0.493 e. The summed E-state index contributed by atoms with van der Waals surface area (Å²) in [5.41, 5.74) is 5.32. The normalized spacial score (nSPS) is 26.2. The molecule has 8 rings (SSSR count). The molecule has 5 heteroatoms. The average Bonchev–Trinajstić information content (AvgIpc) is 3.52. The van der Waals surface area contributed by atoms with Crippen molar-refractivity contribution < 1.29 is 14.6 Å². The summed E-state index contributed by atoms with van der Waals surface area (Å²) in [6.45, 7) is 7.72. The minimum absolute atomic E-state index is 0.0441. The zero-order valence-electron chi connectivity index (χ0n) is 30.3. The van der Waals surface area contributed by atoms with Crippen LogP contribution in [0.4, 0.5) is 0 Å². The molecule has 2 heterocycles. The van der Waals surface area contributed by atoms with Gasteiger partial charge in [-0.15, -0.1) is 6.58 Å². The molecule has 0 aromatic heterocycles. The molecule has 4 aromatic carbocycles. The molecule has 1 N–H and O–H groups in total. The quantitative estimate of drug-likeness (QED) is 0.101. The second-order valence-electron chi connectivity index (χ2n) is 15.4. The number of aliphatic hydroxyl groups is 1. The first kappa shape index (κ1) is 34.2. The molecule has 0 amide bonds. The number of ether oxygens (including phenoxy) is 2. The van der Waals surface area contributed by atoms with E-state index in [1.165, 1.54) is 47.1 Å². The van der Waals surface area contributed by atoms with E-state index < -0.39 is 11.0 Å². The Hall–Kier alpha value is -3.90. The van der Waals surface area contributed by atoms with Gasteiger partial charge in [0.2, 0.25) is 0 Å². The molecular weight excluding hydrogens is 629 g/mol. The van der Waals surface area contributed by atoms with E-state index in [4.69, 9.17) is 9.47 Å². The molecular formula is C46H54N2O3. The number of nitrogens with zero attached hydrogens (tertiary/aromatic N) is 2. The van der Waals surface area contributed by atoms with Crippen LogP contribution in [0.5, 0.6) is 11.5 Å². The fourth-order valence-electron chi connectivity index (χ4n) is 10.6. The fourth-order valence-corrected chi connectivity index (χ4v) is 10.6. The maximum Gasteiger partial charge on any atom is 0.165 e.